The van der Waals surface area contributed by atoms with Crippen molar-refractivity contribution in [2.45, 2.75) is 44.7 Å². The number of ether oxygens (including phenoxy) is 1. The molecule has 152 valence electrons. The molecule has 7 nitrogen and oxygen atoms in total. The number of carbonyl (C=O) groups excluding carboxylic acids is 3. The molecule has 2 fully saturated rings. The van der Waals surface area contributed by atoms with E-state index in [9.17, 15) is 14.4 Å². The first-order valence-corrected chi connectivity index (χ1v) is 9.93. The summed E-state index contributed by atoms with van der Waals surface area (Å²) in [5.41, 5.74) is 2.06. The summed E-state index contributed by atoms with van der Waals surface area (Å²) in [6, 6.07) is 8.13. The quantitative estimate of drug-likeness (QED) is 0.721. The summed E-state index contributed by atoms with van der Waals surface area (Å²) in [4.78, 5) is 40.2. The van der Waals surface area contributed by atoms with E-state index in [1.807, 2.05) is 48.2 Å². The van der Waals surface area contributed by atoms with Gasteiger partial charge in [0.05, 0.1) is 5.92 Å². The van der Waals surface area contributed by atoms with Gasteiger partial charge in [0.25, 0.3) is 5.91 Å². The molecule has 7 heteroatoms. The third kappa shape index (κ3) is 5.03. The maximum Gasteiger partial charge on any atom is 0.311 e. The maximum atomic E-state index is 12.2. The number of nitrogens with zero attached hydrogens (tertiary/aromatic N) is 2. The molecule has 1 aromatic rings. The standard InChI is InChI=1S/C21H29N3O4/c1-23(2)17-9-7-15(8-10-17)12-22-19(25)14-28-21(27)16-11-20(26)24(13-16)18-5-3-4-6-18/h7-10,16,18H,3-6,11-14H2,1-2H3,(H,22,25)/t16-/m0/s1. The van der Waals surface area contributed by atoms with E-state index in [2.05, 4.69) is 5.32 Å². The number of carbonyl (C=O) groups is 3. The van der Waals surface area contributed by atoms with Crippen LogP contribution in [0.1, 0.15) is 37.7 Å². The minimum absolute atomic E-state index is 0.0273. The van der Waals surface area contributed by atoms with E-state index in [1.54, 1.807) is 0 Å². The molecule has 0 aromatic heterocycles. The second-order valence-electron chi connectivity index (χ2n) is 7.83. The molecule has 0 spiro atoms. The van der Waals surface area contributed by atoms with E-state index >= 15 is 0 Å². The molecule has 0 bridgehead atoms. The van der Waals surface area contributed by atoms with Crippen LogP contribution in [0.2, 0.25) is 0 Å². The van der Waals surface area contributed by atoms with E-state index in [-0.39, 0.29) is 30.9 Å². The van der Waals surface area contributed by atoms with Crippen LogP contribution < -0.4 is 10.2 Å². The van der Waals surface area contributed by atoms with E-state index in [0.717, 1.165) is 36.9 Å². The third-order valence-electron chi connectivity index (χ3n) is 5.55. The van der Waals surface area contributed by atoms with Crippen molar-refractivity contribution in [3.63, 3.8) is 0 Å². The molecule has 1 saturated heterocycles. The number of hydrogen-bond donors (Lipinski definition) is 1. The molecule has 0 radical (unpaired) electrons. The van der Waals surface area contributed by atoms with Crippen molar-refractivity contribution in [3.05, 3.63) is 29.8 Å². The third-order valence-corrected chi connectivity index (χ3v) is 5.55. The Morgan fingerprint density at radius 2 is 1.86 bits per heavy atom. The number of esters is 1. The number of nitrogens with one attached hydrogen (secondary N) is 1. The Balaban J connectivity index is 1.39. The van der Waals surface area contributed by atoms with Gasteiger partial charge in [0.15, 0.2) is 6.61 Å². The first kappa shape index (κ1) is 20.2. The minimum Gasteiger partial charge on any atom is -0.455 e. The summed E-state index contributed by atoms with van der Waals surface area (Å²) < 4.78 is 5.15. The van der Waals surface area contributed by atoms with Gasteiger partial charge in [-0.3, -0.25) is 14.4 Å². The van der Waals surface area contributed by atoms with E-state index < -0.39 is 11.9 Å². The predicted molar refractivity (Wildman–Crippen MR) is 106 cm³/mol. The Morgan fingerprint density at radius 1 is 1.18 bits per heavy atom. The first-order chi connectivity index (χ1) is 13.4. The molecule has 28 heavy (non-hydrogen) atoms. The average Bonchev–Trinajstić information content (AvgIpc) is 3.34. The Kier molecular flexibility index (Phi) is 6.54. The summed E-state index contributed by atoms with van der Waals surface area (Å²) >= 11 is 0. The molecular weight excluding hydrogens is 358 g/mol. The maximum absolute atomic E-state index is 12.2. The summed E-state index contributed by atoms with van der Waals surface area (Å²) in [5, 5.41) is 2.75. The van der Waals surface area contributed by atoms with Gasteiger partial charge in [-0.25, -0.2) is 0 Å². The topological polar surface area (TPSA) is 79.0 Å². The van der Waals surface area contributed by atoms with Crippen molar-refractivity contribution in [2.75, 3.05) is 32.1 Å². The van der Waals surface area contributed by atoms with Gasteiger partial charge in [0, 0.05) is 45.3 Å². The molecule has 1 saturated carbocycles. The highest BCUT2D eigenvalue weighted by Gasteiger charge is 2.39. The van der Waals surface area contributed by atoms with Crippen LogP contribution in [0.4, 0.5) is 5.69 Å². The molecule has 2 amide bonds. The summed E-state index contributed by atoms with van der Waals surface area (Å²) in [7, 11) is 3.94. The van der Waals surface area contributed by atoms with Crippen molar-refractivity contribution in [2.24, 2.45) is 5.92 Å². The highest BCUT2D eigenvalue weighted by Crippen LogP contribution is 2.29. The van der Waals surface area contributed by atoms with E-state index in [4.69, 9.17) is 4.74 Å². The highest BCUT2D eigenvalue weighted by molar-refractivity contribution is 5.88. The van der Waals surface area contributed by atoms with Gasteiger partial charge in [-0.1, -0.05) is 25.0 Å². The lowest BCUT2D eigenvalue weighted by Crippen LogP contribution is -2.35. The van der Waals surface area contributed by atoms with Crippen LogP contribution in [0.25, 0.3) is 0 Å². The fourth-order valence-electron chi connectivity index (χ4n) is 3.88. The van der Waals surface area contributed by atoms with Crippen LogP contribution in [0.5, 0.6) is 0 Å². The van der Waals surface area contributed by atoms with Crippen LogP contribution in [-0.4, -0.2) is 56.0 Å². The Morgan fingerprint density at radius 3 is 2.50 bits per heavy atom. The predicted octanol–water partition coefficient (Wildman–Crippen LogP) is 1.70. The highest BCUT2D eigenvalue weighted by atomic mass is 16.5. The molecule has 1 aromatic carbocycles. The molecule has 1 aliphatic carbocycles. The molecule has 0 unspecified atom stereocenters. The molecule has 1 aliphatic heterocycles. The van der Waals surface area contributed by atoms with E-state index in [0.29, 0.717) is 13.1 Å². The normalized spacial score (nSPS) is 19.7. The summed E-state index contributed by atoms with van der Waals surface area (Å²) in [6.45, 7) is 0.479. The number of likely N-dealkylation sites (tertiary alicyclic amines) is 1. The Bertz CT molecular complexity index is 711. The molecule has 3 rings (SSSR count). The molecule has 1 atom stereocenters. The summed E-state index contributed by atoms with van der Waals surface area (Å²) in [6.07, 6.45) is 4.51. The van der Waals surface area contributed by atoms with Crippen LogP contribution in [0.3, 0.4) is 0 Å². The van der Waals surface area contributed by atoms with Gasteiger partial charge < -0.3 is 19.9 Å². The van der Waals surface area contributed by atoms with Crippen LogP contribution in [0.15, 0.2) is 24.3 Å². The lowest BCUT2D eigenvalue weighted by Gasteiger charge is -2.23. The van der Waals surface area contributed by atoms with Crippen molar-refractivity contribution in [3.8, 4) is 0 Å². The zero-order chi connectivity index (χ0) is 20.1. The monoisotopic (exact) mass is 387 g/mol. The fraction of sp³-hybridized carbons (Fsp3) is 0.571. The van der Waals surface area contributed by atoms with Crippen molar-refractivity contribution in [1.82, 2.24) is 10.2 Å². The SMILES string of the molecule is CN(C)c1ccc(CNC(=O)COC(=O)[C@H]2CC(=O)N(C3CCCC3)C2)cc1. The van der Waals surface area contributed by atoms with Crippen molar-refractivity contribution in [1.29, 1.82) is 0 Å². The fourth-order valence-corrected chi connectivity index (χ4v) is 3.88. The van der Waals surface area contributed by atoms with Crippen LogP contribution in [-0.2, 0) is 25.7 Å². The number of benzene rings is 1. The van der Waals surface area contributed by atoms with Gasteiger partial charge in [-0.2, -0.15) is 0 Å². The Hall–Kier alpha value is -2.57. The van der Waals surface area contributed by atoms with Gasteiger partial charge >= 0.3 is 5.97 Å². The van der Waals surface area contributed by atoms with Gasteiger partial charge in [0.2, 0.25) is 5.91 Å². The lowest BCUT2D eigenvalue weighted by atomic mass is 10.1. The van der Waals surface area contributed by atoms with Crippen LogP contribution in [0, 0.1) is 5.92 Å². The zero-order valence-electron chi connectivity index (χ0n) is 16.6. The smallest absolute Gasteiger partial charge is 0.311 e. The molecular formula is C21H29N3O4. The second-order valence-corrected chi connectivity index (χ2v) is 7.83. The summed E-state index contributed by atoms with van der Waals surface area (Å²) in [5.74, 6) is -1.24. The van der Waals surface area contributed by atoms with E-state index in [1.165, 1.54) is 0 Å². The average molecular weight is 387 g/mol. The molecule has 1 N–H and O–H groups in total. The second kappa shape index (κ2) is 9.08. The zero-order valence-corrected chi connectivity index (χ0v) is 16.6. The van der Waals surface area contributed by atoms with Gasteiger partial charge in [-0.05, 0) is 30.5 Å². The Labute approximate surface area is 166 Å². The number of rotatable bonds is 7. The number of amides is 2. The minimum atomic E-state index is -0.459. The lowest BCUT2D eigenvalue weighted by molar-refractivity contribution is -0.152. The van der Waals surface area contributed by atoms with Gasteiger partial charge in [-0.15, -0.1) is 0 Å². The molecule has 1 heterocycles. The molecule has 2 aliphatic rings. The number of anilines is 1. The van der Waals surface area contributed by atoms with Crippen molar-refractivity contribution >= 4 is 23.5 Å². The van der Waals surface area contributed by atoms with Gasteiger partial charge in [0.1, 0.15) is 0 Å². The van der Waals surface area contributed by atoms with Crippen molar-refractivity contribution < 1.29 is 19.1 Å². The first-order valence-electron chi connectivity index (χ1n) is 9.93. The number of hydrogen-bond acceptors (Lipinski definition) is 5. The largest absolute Gasteiger partial charge is 0.455 e. The van der Waals surface area contributed by atoms with Crippen LogP contribution >= 0.6 is 0 Å².